The molecule has 1 fully saturated rings. The van der Waals surface area contributed by atoms with Gasteiger partial charge in [-0.2, -0.15) is 0 Å². The molecule has 5 N–H and O–H groups in total. The second kappa shape index (κ2) is 5.18. The first-order chi connectivity index (χ1) is 10.4. The summed E-state index contributed by atoms with van der Waals surface area (Å²) in [6, 6.07) is -0.256. The molecule has 0 unspecified atom stereocenters. The second-order valence-corrected chi connectivity index (χ2v) is 5.76. The van der Waals surface area contributed by atoms with Crippen LogP contribution in [0.3, 0.4) is 0 Å². The summed E-state index contributed by atoms with van der Waals surface area (Å²) in [5.41, 5.74) is 11.2. The molecule has 0 bridgehead atoms. The van der Waals surface area contributed by atoms with E-state index in [1.54, 1.807) is 22.7 Å². The van der Waals surface area contributed by atoms with E-state index < -0.39 is 5.60 Å². The topological polar surface area (TPSA) is 136 Å². The van der Waals surface area contributed by atoms with E-state index in [0.29, 0.717) is 29.9 Å². The predicted molar refractivity (Wildman–Crippen MR) is 79.6 cm³/mol. The standard InChI is InChI=1S/C13H19N7O2/c1-13(22)5-19(9(21)4-14)3-2-8(13)20-7-18-10-11(15)16-6-17-12(10)20/h6-8,22H,2-5,14H2,1H3,(H2,15,16,17)/t8-,13-/m1/s1. The highest BCUT2D eigenvalue weighted by Crippen LogP contribution is 2.34. The number of carbonyl (C=O) groups is 1. The molecule has 22 heavy (non-hydrogen) atoms. The average Bonchev–Trinajstić information content (AvgIpc) is 2.90. The van der Waals surface area contributed by atoms with E-state index in [1.807, 2.05) is 0 Å². The van der Waals surface area contributed by atoms with Crippen molar-refractivity contribution in [1.29, 1.82) is 0 Å². The molecule has 0 aliphatic carbocycles. The molecular weight excluding hydrogens is 286 g/mol. The number of carbonyl (C=O) groups excluding carboxylic acids is 1. The van der Waals surface area contributed by atoms with Crippen LogP contribution < -0.4 is 11.5 Å². The van der Waals surface area contributed by atoms with Gasteiger partial charge in [0.15, 0.2) is 11.5 Å². The minimum absolute atomic E-state index is 0.0570. The number of anilines is 1. The van der Waals surface area contributed by atoms with Crippen molar-refractivity contribution in [3.05, 3.63) is 12.7 Å². The van der Waals surface area contributed by atoms with Crippen molar-refractivity contribution in [1.82, 2.24) is 24.4 Å². The molecule has 1 aliphatic heterocycles. The van der Waals surface area contributed by atoms with Gasteiger partial charge in [-0.1, -0.05) is 0 Å². The molecule has 1 aliphatic rings. The molecule has 9 heteroatoms. The summed E-state index contributed by atoms with van der Waals surface area (Å²) in [7, 11) is 0. The Kier molecular flexibility index (Phi) is 3.45. The van der Waals surface area contributed by atoms with Crippen molar-refractivity contribution >= 4 is 22.9 Å². The molecule has 0 radical (unpaired) electrons. The SMILES string of the molecule is C[C@@]1(O)CN(C(=O)CN)CC[C@H]1n1cnc2c(N)ncnc21. The zero-order chi connectivity index (χ0) is 15.9. The fourth-order valence-corrected chi connectivity index (χ4v) is 3.04. The number of hydrogen-bond donors (Lipinski definition) is 3. The third-order valence-electron chi connectivity index (χ3n) is 4.15. The Balaban J connectivity index is 1.94. The number of imidazole rings is 1. The highest BCUT2D eigenvalue weighted by atomic mass is 16.3. The number of aromatic nitrogens is 4. The molecule has 2 aromatic rings. The van der Waals surface area contributed by atoms with Crippen LogP contribution in [0.2, 0.25) is 0 Å². The number of rotatable bonds is 2. The first kappa shape index (κ1) is 14.7. The van der Waals surface area contributed by atoms with E-state index in [2.05, 4.69) is 15.0 Å². The van der Waals surface area contributed by atoms with Crippen LogP contribution in [-0.4, -0.2) is 60.7 Å². The van der Waals surface area contributed by atoms with Crippen LogP contribution in [-0.2, 0) is 4.79 Å². The Labute approximate surface area is 127 Å². The van der Waals surface area contributed by atoms with Crippen LogP contribution in [0.1, 0.15) is 19.4 Å². The van der Waals surface area contributed by atoms with Crippen LogP contribution in [0.25, 0.3) is 11.2 Å². The van der Waals surface area contributed by atoms with Crippen molar-refractivity contribution in [2.24, 2.45) is 5.73 Å². The number of nitrogen functional groups attached to an aromatic ring is 1. The smallest absolute Gasteiger partial charge is 0.236 e. The van der Waals surface area contributed by atoms with Crippen LogP contribution in [0.15, 0.2) is 12.7 Å². The molecular formula is C13H19N7O2. The fraction of sp³-hybridized carbons (Fsp3) is 0.538. The third-order valence-corrected chi connectivity index (χ3v) is 4.15. The van der Waals surface area contributed by atoms with Gasteiger partial charge in [-0.15, -0.1) is 0 Å². The molecule has 0 saturated carbocycles. The molecule has 0 aromatic carbocycles. The maximum absolute atomic E-state index is 11.7. The summed E-state index contributed by atoms with van der Waals surface area (Å²) in [5, 5.41) is 10.8. The first-order valence-corrected chi connectivity index (χ1v) is 7.07. The summed E-state index contributed by atoms with van der Waals surface area (Å²) < 4.78 is 1.80. The molecule has 2 aromatic heterocycles. The maximum Gasteiger partial charge on any atom is 0.236 e. The Bertz CT molecular complexity index is 711. The van der Waals surface area contributed by atoms with Gasteiger partial charge >= 0.3 is 0 Å². The molecule has 1 amide bonds. The summed E-state index contributed by atoms with van der Waals surface area (Å²) in [6.45, 7) is 2.38. The van der Waals surface area contributed by atoms with E-state index in [-0.39, 0.29) is 25.0 Å². The highest BCUT2D eigenvalue weighted by molar-refractivity contribution is 5.81. The van der Waals surface area contributed by atoms with Gasteiger partial charge < -0.3 is 26.0 Å². The quantitative estimate of drug-likeness (QED) is 0.640. The van der Waals surface area contributed by atoms with E-state index >= 15 is 0 Å². The third kappa shape index (κ3) is 2.28. The Morgan fingerprint density at radius 3 is 2.95 bits per heavy atom. The van der Waals surface area contributed by atoms with Gasteiger partial charge in [0.05, 0.1) is 25.5 Å². The lowest BCUT2D eigenvalue weighted by atomic mass is 9.88. The van der Waals surface area contributed by atoms with E-state index in [0.717, 1.165) is 0 Å². The van der Waals surface area contributed by atoms with Gasteiger partial charge in [0.1, 0.15) is 17.4 Å². The average molecular weight is 305 g/mol. The molecule has 1 saturated heterocycles. The fourth-order valence-electron chi connectivity index (χ4n) is 3.04. The lowest BCUT2D eigenvalue weighted by molar-refractivity contribution is -0.138. The highest BCUT2D eigenvalue weighted by Gasteiger charge is 2.41. The van der Waals surface area contributed by atoms with Crippen molar-refractivity contribution in [2.45, 2.75) is 25.0 Å². The molecule has 3 rings (SSSR count). The minimum atomic E-state index is -1.11. The number of piperidine rings is 1. The van der Waals surface area contributed by atoms with Crippen LogP contribution in [0.4, 0.5) is 5.82 Å². The van der Waals surface area contributed by atoms with Crippen LogP contribution >= 0.6 is 0 Å². The molecule has 3 heterocycles. The number of amides is 1. The zero-order valence-electron chi connectivity index (χ0n) is 12.3. The molecule has 2 atom stereocenters. The van der Waals surface area contributed by atoms with E-state index in [4.69, 9.17) is 11.5 Å². The summed E-state index contributed by atoms with van der Waals surface area (Å²) in [4.78, 5) is 25.7. The Morgan fingerprint density at radius 1 is 1.50 bits per heavy atom. The lowest BCUT2D eigenvalue weighted by Crippen LogP contribution is -2.55. The number of nitrogens with zero attached hydrogens (tertiary/aromatic N) is 5. The number of hydrogen-bond acceptors (Lipinski definition) is 7. The number of nitrogens with two attached hydrogens (primary N) is 2. The first-order valence-electron chi connectivity index (χ1n) is 7.07. The minimum Gasteiger partial charge on any atom is -0.386 e. The Morgan fingerprint density at radius 2 is 2.27 bits per heavy atom. The van der Waals surface area contributed by atoms with Gasteiger partial charge in [0.2, 0.25) is 5.91 Å². The largest absolute Gasteiger partial charge is 0.386 e. The number of fused-ring (bicyclic) bond motifs is 1. The monoisotopic (exact) mass is 305 g/mol. The molecule has 9 nitrogen and oxygen atoms in total. The zero-order valence-corrected chi connectivity index (χ0v) is 12.3. The second-order valence-electron chi connectivity index (χ2n) is 5.76. The van der Waals surface area contributed by atoms with Gasteiger partial charge in [0.25, 0.3) is 0 Å². The van der Waals surface area contributed by atoms with Gasteiger partial charge in [0, 0.05) is 6.54 Å². The number of likely N-dealkylation sites (tertiary alicyclic amines) is 1. The summed E-state index contributed by atoms with van der Waals surface area (Å²) in [5.74, 6) is 0.139. The Hall–Kier alpha value is -2.26. The van der Waals surface area contributed by atoms with Crippen molar-refractivity contribution in [2.75, 3.05) is 25.4 Å². The van der Waals surface area contributed by atoms with Gasteiger partial charge in [-0.25, -0.2) is 15.0 Å². The number of aliphatic hydroxyl groups is 1. The molecule has 118 valence electrons. The predicted octanol–water partition coefficient (Wildman–Crippen LogP) is -1.11. The lowest BCUT2D eigenvalue weighted by Gasteiger charge is -2.43. The summed E-state index contributed by atoms with van der Waals surface area (Å²) >= 11 is 0. The number of β-amino-alcohol motifs (C(OH)–C–C–N with tert-alkyl or cyclic N) is 1. The van der Waals surface area contributed by atoms with Crippen LogP contribution in [0, 0.1) is 0 Å². The summed E-state index contributed by atoms with van der Waals surface area (Å²) in [6.07, 6.45) is 3.56. The van der Waals surface area contributed by atoms with Crippen LogP contribution in [0.5, 0.6) is 0 Å². The van der Waals surface area contributed by atoms with Crippen molar-refractivity contribution in [3.8, 4) is 0 Å². The maximum atomic E-state index is 11.7. The normalized spacial score (nSPS) is 25.6. The van der Waals surface area contributed by atoms with Gasteiger partial charge in [-0.05, 0) is 13.3 Å². The molecule has 0 spiro atoms. The van der Waals surface area contributed by atoms with Crippen molar-refractivity contribution < 1.29 is 9.90 Å². The van der Waals surface area contributed by atoms with Gasteiger partial charge in [-0.3, -0.25) is 4.79 Å². The van der Waals surface area contributed by atoms with E-state index in [9.17, 15) is 9.90 Å². The van der Waals surface area contributed by atoms with E-state index in [1.165, 1.54) is 6.33 Å². The van der Waals surface area contributed by atoms with Crippen molar-refractivity contribution in [3.63, 3.8) is 0 Å².